The summed E-state index contributed by atoms with van der Waals surface area (Å²) >= 11 is 0. The molecule has 0 spiro atoms. The molecule has 0 fully saturated rings. The fourth-order valence-electron chi connectivity index (χ4n) is 1.67. The molecular weight excluding hydrogens is 286 g/mol. The van der Waals surface area contributed by atoms with Crippen molar-refractivity contribution in [3.8, 4) is 6.07 Å². The molecule has 0 aliphatic carbocycles. The molecule has 0 aliphatic rings. The summed E-state index contributed by atoms with van der Waals surface area (Å²) in [7, 11) is 3.05. The number of rotatable bonds is 7. The topological polar surface area (TPSA) is 91.7 Å². The van der Waals surface area contributed by atoms with Crippen LogP contribution in [0.3, 0.4) is 0 Å². The number of ether oxygens (including phenoxy) is 2. The first-order chi connectivity index (χ1) is 10.6. The Bertz CT molecular complexity index is 529. The minimum absolute atomic E-state index is 0.305. The van der Waals surface area contributed by atoms with Crippen molar-refractivity contribution in [3.63, 3.8) is 0 Å². The van der Waals surface area contributed by atoms with Gasteiger partial charge in [0, 0.05) is 33.0 Å². The van der Waals surface area contributed by atoms with Crippen LogP contribution in [0.15, 0.2) is 24.3 Å². The number of carbonyl (C=O) groups is 2. The zero-order valence-electron chi connectivity index (χ0n) is 12.7. The van der Waals surface area contributed by atoms with Gasteiger partial charge in [0.25, 0.3) is 0 Å². The first kappa shape index (κ1) is 17.6. The Labute approximate surface area is 129 Å². The fourth-order valence-corrected chi connectivity index (χ4v) is 1.67. The smallest absolute Gasteiger partial charge is 0.313 e. The van der Waals surface area contributed by atoms with Crippen LogP contribution in [0.1, 0.15) is 5.56 Å². The van der Waals surface area contributed by atoms with Crippen LogP contribution in [0.2, 0.25) is 0 Å². The van der Waals surface area contributed by atoms with Crippen molar-refractivity contribution in [3.05, 3.63) is 29.8 Å². The SMILES string of the molecule is COCCN(CCOC)C(=O)C(=O)Nc1ccc(C#N)cc1. The van der Waals surface area contributed by atoms with Gasteiger partial charge in [0.15, 0.2) is 0 Å². The zero-order valence-corrected chi connectivity index (χ0v) is 12.7. The van der Waals surface area contributed by atoms with Crippen LogP contribution in [0.5, 0.6) is 0 Å². The molecule has 7 nitrogen and oxygen atoms in total. The van der Waals surface area contributed by atoms with Crippen molar-refractivity contribution in [2.45, 2.75) is 0 Å². The van der Waals surface area contributed by atoms with Crippen molar-refractivity contribution in [1.29, 1.82) is 5.26 Å². The number of hydrogen-bond acceptors (Lipinski definition) is 5. The van der Waals surface area contributed by atoms with E-state index < -0.39 is 11.8 Å². The second-order valence-corrected chi connectivity index (χ2v) is 4.42. The van der Waals surface area contributed by atoms with Crippen molar-refractivity contribution in [1.82, 2.24) is 4.90 Å². The highest BCUT2D eigenvalue weighted by Crippen LogP contribution is 2.09. The molecule has 118 valence electrons. The average Bonchev–Trinajstić information content (AvgIpc) is 2.55. The number of amides is 2. The molecule has 1 N–H and O–H groups in total. The molecule has 0 aromatic heterocycles. The Kier molecular flexibility index (Phi) is 7.61. The highest BCUT2D eigenvalue weighted by Gasteiger charge is 2.21. The molecule has 0 saturated carbocycles. The van der Waals surface area contributed by atoms with Crippen molar-refractivity contribution < 1.29 is 19.1 Å². The summed E-state index contributed by atoms with van der Waals surface area (Å²) in [4.78, 5) is 25.5. The van der Waals surface area contributed by atoms with Crippen LogP contribution in [-0.4, -0.2) is 57.2 Å². The van der Waals surface area contributed by atoms with Gasteiger partial charge in [0.1, 0.15) is 0 Å². The maximum absolute atomic E-state index is 12.1. The van der Waals surface area contributed by atoms with E-state index in [1.165, 1.54) is 19.1 Å². The van der Waals surface area contributed by atoms with Gasteiger partial charge in [-0.25, -0.2) is 0 Å². The average molecular weight is 305 g/mol. The number of methoxy groups -OCH3 is 2. The molecule has 0 unspecified atom stereocenters. The minimum atomic E-state index is -0.739. The predicted molar refractivity (Wildman–Crippen MR) is 80.1 cm³/mol. The minimum Gasteiger partial charge on any atom is -0.383 e. The first-order valence-electron chi connectivity index (χ1n) is 6.70. The maximum atomic E-state index is 12.1. The van der Waals surface area contributed by atoms with E-state index in [4.69, 9.17) is 14.7 Å². The van der Waals surface area contributed by atoms with Crippen LogP contribution in [-0.2, 0) is 19.1 Å². The molecule has 0 heterocycles. The van der Waals surface area contributed by atoms with Gasteiger partial charge >= 0.3 is 11.8 Å². The second-order valence-electron chi connectivity index (χ2n) is 4.42. The number of benzene rings is 1. The number of nitrogens with one attached hydrogen (secondary N) is 1. The Morgan fingerprint density at radius 3 is 2.14 bits per heavy atom. The van der Waals surface area contributed by atoms with Gasteiger partial charge in [0.2, 0.25) is 0 Å². The van der Waals surface area contributed by atoms with Gasteiger partial charge < -0.3 is 19.7 Å². The van der Waals surface area contributed by atoms with E-state index in [1.54, 1.807) is 24.3 Å². The third-order valence-corrected chi connectivity index (χ3v) is 2.88. The highest BCUT2D eigenvalue weighted by atomic mass is 16.5. The number of nitriles is 1. The maximum Gasteiger partial charge on any atom is 0.313 e. The predicted octanol–water partition coefficient (Wildman–Crippen LogP) is 0.618. The van der Waals surface area contributed by atoms with E-state index in [1.807, 2.05) is 6.07 Å². The molecule has 1 aromatic rings. The summed E-state index contributed by atoms with van der Waals surface area (Å²) in [6, 6.07) is 8.24. The van der Waals surface area contributed by atoms with E-state index in [0.717, 1.165) is 0 Å². The summed E-state index contributed by atoms with van der Waals surface area (Å²) in [5.74, 6) is -1.39. The number of carbonyl (C=O) groups excluding carboxylic acids is 2. The van der Waals surface area contributed by atoms with Gasteiger partial charge in [0.05, 0.1) is 24.8 Å². The molecule has 2 amide bonds. The lowest BCUT2D eigenvalue weighted by atomic mass is 10.2. The summed E-state index contributed by atoms with van der Waals surface area (Å²) in [5, 5.41) is 11.2. The van der Waals surface area contributed by atoms with Crippen molar-refractivity contribution in [2.75, 3.05) is 45.8 Å². The molecule has 7 heteroatoms. The Morgan fingerprint density at radius 1 is 1.14 bits per heavy atom. The Morgan fingerprint density at radius 2 is 1.68 bits per heavy atom. The molecule has 0 bridgehead atoms. The van der Waals surface area contributed by atoms with Crippen LogP contribution in [0.4, 0.5) is 5.69 Å². The molecule has 1 rings (SSSR count). The van der Waals surface area contributed by atoms with E-state index in [9.17, 15) is 9.59 Å². The van der Waals surface area contributed by atoms with Crippen LogP contribution >= 0.6 is 0 Å². The van der Waals surface area contributed by atoms with Gasteiger partial charge in [-0.2, -0.15) is 5.26 Å². The normalized spacial score (nSPS) is 9.86. The standard InChI is InChI=1S/C15H19N3O4/c1-21-9-7-18(8-10-22-2)15(20)14(19)17-13-5-3-12(11-16)4-6-13/h3-6H,7-10H2,1-2H3,(H,17,19). The molecule has 1 aromatic carbocycles. The largest absolute Gasteiger partial charge is 0.383 e. The quantitative estimate of drug-likeness (QED) is 0.746. The lowest BCUT2D eigenvalue weighted by Crippen LogP contribution is -2.43. The van der Waals surface area contributed by atoms with Crippen molar-refractivity contribution >= 4 is 17.5 Å². The Balaban J connectivity index is 2.66. The molecule has 0 atom stereocenters. The molecular formula is C15H19N3O4. The second kappa shape index (κ2) is 9.50. The zero-order chi connectivity index (χ0) is 16.4. The first-order valence-corrected chi connectivity index (χ1v) is 6.70. The van der Waals surface area contributed by atoms with E-state index >= 15 is 0 Å². The summed E-state index contributed by atoms with van der Waals surface area (Å²) in [6.45, 7) is 1.28. The lowest BCUT2D eigenvalue weighted by molar-refractivity contribution is -0.144. The van der Waals surface area contributed by atoms with Crippen LogP contribution in [0, 0.1) is 11.3 Å². The Hall–Kier alpha value is -2.43. The number of nitrogens with zero attached hydrogens (tertiary/aromatic N) is 2. The molecule has 0 aliphatic heterocycles. The van der Waals surface area contributed by atoms with Gasteiger partial charge in [-0.05, 0) is 24.3 Å². The monoisotopic (exact) mass is 305 g/mol. The third kappa shape index (κ3) is 5.52. The number of hydrogen-bond donors (Lipinski definition) is 1. The summed E-state index contributed by atoms with van der Waals surface area (Å²) in [6.07, 6.45) is 0. The van der Waals surface area contributed by atoms with Crippen molar-refractivity contribution in [2.24, 2.45) is 0 Å². The van der Waals surface area contributed by atoms with Gasteiger partial charge in [-0.15, -0.1) is 0 Å². The summed E-state index contributed by atoms with van der Waals surface area (Å²) in [5.41, 5.74) is 0.932. The van der Waals surface area contributed by atoms with Gasteiger partial charge in [-0.1, -0.05) is 0 Å². The summed E-state index contributed by atoms with van der Waals surface area (Å²) < 4.78 is 9.86. The lowest BCUT2D eigenvalue weighted by Gasteiger charge is -2.21. The van der Waals surface area contributed by atoms with E-state index in [0.29, 0.717) is 37.6 Å². The molecule has 22 heavy (non-hydrogen) atoms. The van der Waals surface area contributed by atoms with E-state index in [2.05, 4.69) is 5.32 Å². The fraction of sp³-hybridized carbons (Fsp3) is 0.400. The third-order valence-electron chi connectivity index (χ3n) is 2.88. The van der Waals surface area contributed by atoms with E-state index in [-0.39, 0.29) is 0 Å². The van der Waals surface area contributed by atoms with Crippen LogP contribution in [0.25, 0.3) is 0 Å². The highest BCUT2D eigenvalue weighted by molar-refractivity contribution is 6.39. The molecule has 0 radical (unpaired) electrons. The molecule has 0 saturated heterocycles. The van der Waals surface area contributed by atoms with Gasteiger partial charge in [-0.3, -0.25) is 9.59 Å². The van der Waals surface area contributed by atoms with Crippen LogP contribution < -0.4 is 5.32 Å². The number of anilines is 1.